The van der Waals surface area contributed by atoms with Crippen molar-refractivity contribution in [2.75, 3.05) is 7.05 Å². The van der Waals surface area contributed by atoms with Gasteiger partial charge in [0.1, 0.15) is 5.76 Å². The van der Waals surface area contributed by atoms with E-state index in [-0.39, 0.29) is 0 Å². The van der Waals surface area contributed by atoms with Crippen LogP contribution in [-0.4, -0.2) is 12.0 Å². The second-order valence-corrected chi connectivity index (χ2v) is 7.16. The Hall–Kier alpha value is -1.13. The van der Waals surface area contributed by atoms with Crippen LogP contribution in [0.15, 0.2) is 16.5 Å². The van der Waals surface area contributed by atoms with E-state index >= 15 is 0 Å². The SMILES string of the molecule is CNC1CC(C)(C)Cc2nc(-c3ccc(C)o3)sc21. The lowest BCUT2D eigenvalue weighted by Crippen LogP contribution is -2.30. The molecule has 0 bridgehead atoms. The van der Waals surface area contributed by atoms with Gasteiger partial charge in [-0.3, -0.25) is 0 Å². The standard InChI is InChI=1S/C15H20N2OS/c1-9-5-6-12(18-9)14-17-11-8-15(2,3)7-10(16-4)13(11)19-14/h5-6,10,16H,7-8H2,1-4H3. The number of hydrogen-bond donors (Lipinski definition) is 1. The number of furan rings is 1. The highest BCUT2D eigenvalue weighted by Crippen LogP contribution is 2.44. The Morgan fingerprint density at radius 2 is 2.21 bits per heavy atom. The lowest BCUT2D eigenvalue weighted by atomic mass is 9.76. The highest BCUT2D eigenvalue weighted by atomic mass is 32.1. The molecule has 4 heteroatoms. The van der Waals surface area contributed by atoms with Gasteiger partial charge in [-0.2, -0.15) is 0 Å². The Bertz CT molecular complexity index is 597. The molecule has 19 heavy (non-hydrogen) atoms. The Morgan fingerprint density at radius 3 is 2.84 bits per heavy atom. The van der Waals surface area contributed by atoms with Gasteiger partial charge in [0.05, 0.1) is 5.69 Å². The summed E-state index contributed by atoms with van der Waals surface area (Å²) < 4.78 is 5.70. The fourth-order valence-corrected chi connectivity index (χ4v) is 3.97. The maximum atomic E-state index is 5.70. The molecule has 0 fully saturated rings. The third-order valence-corrected chi connectivity index (χ3v) is 4.97. The van der Waals surface area contributed by atoms with Crippen LogP contribution in [0, 0.1) is 12.3 Å². The fraction of sp³-hybridized carbons (Fsp3) is 0.533. The summed E-state index contributed by atoms with van der Waals surface area (Å²) in [5, 5.41) is 4.44. The highest BCUT2D eigenvalue weighted by Gasteiger charge is 2.34. The molecule has 1 aliphatic carbocycles. The third-order valence-electron chi connectivity index (χ3n) is 3.75. The molecule has 102 valence electrons. The number of fused-ring (bicyclic) bond motifs is 1. The number of rotatable bonds is 2. The summed E-state index contributed by atoms with van der Waals surface area (Å²) in [4.78, 5) is 6.19. The zero-order valence-corrected chi connectivity index (χ0v) is 12.7. The number of nitrogens with one attached hydrogen (secondary N) is 1. The van der Waals surface area contributed by atoms with Crippen LogP contribution in [0.4, 0.5) is 0 Å². The van der Waals surface area contributed by atoms with Gasteiger partial charge in [-0.1, -0.05) is 13.8 Å². The third kappa shape index (κ3) is 2.35. The Morgan fingerprint density at radius 1 is 1.42 bits per heavy atom. The number of nitrogens with zero attached hydrogens (tertiary/aromatic N) is 1. The van der Waals surface area contributed by atoms with Gasteiger partial charge in [0.2, 0.25) is 0 Å². The molecule has 0 saturated carbocycles. The first-order valence-electron chi connectivity index (χ1n) is 6.72. The summed E-state index contributed by atoms with van der Waals surface area (Å²) in [7, 11) is 2.03. The summed E-state index contributed by atoms with van der Waals surface area (Å²) in [6, 6.07) is 4.43. The lowest BCUT2D eigenvalue weighted by molar-refractivity contribution is 0.265. The fourth-order valence-electron chi connectivity index (χ4n) is 2.82. The van der Waals surface area contributed by atoms with Gasteiger partial charge in [0.25, 0.3) is 0 Å². The van der Waals surface area contributed by atoms with Crippen LogP contribution in [0.2, 0.25) is 0 Å². The van der Waals surface area contributed by atoms with Crippen molar-refractivity contribution in [1.29, 1.82) is 0 Å². The van der Waals surface area contributed by atoms with E-state index in [1.54, 1.807) is 11.3 Å². The maximum Gasteiger partial charge on any atom is 0.162 e. The van der Waals surface area contributed by atoms with Crippen molar-refractivity contribution >= 4 is 11.3 Å². The Labute approximate surface area is 118 Å². The van der Waals surface area contributed by atoms with Crippen LogP contribution >= 0.6 is 11.3 Å². The van der Waals surface area contributed by atoms with Crippen LogP contribution in [0.5, 0.6) is 0 Å². The summed E-state index contributed by atoms with van der Waals surface area (Å²) in [5.74, 6) is 1.83. The molecule has 1 N–H and O–H groups in total. The molecule has 0 radical (unpaired) electrons. The van der Waals surface area contributed by atoms with Crippen molar-refractivity contribution in [3.63, 3.8) is 0 Å². The van der Waals surface area contributed by atoms with Gasteiger partial charge in [-0.15, -0.1) is 11.3 Å². The van der Waals surface area contributed by atoms with E-state index < -0.39 is 0 Å². The van der Waals surface area contributed by atoms with Crippen LogP contribution < -0.4 is 5.32 Å². The molecule has 0 spiro atoms. The predicted molar refractivity (Wildman–Crippen MR) is 78.5 cm³/mol. The molecule has 1 unspecified atom stereocenters. The van der Waals surface area contributed by atoms with Crippen molar-refractivity contribution in [3.05, 3.63) is 28.5 Å². The van der Waals surface area contributed by atoms with Crippen LogP contribution in [-0.2, 0) is 6.42 Å². The first-order valence-corrected chi connectivity index (χ1v) is 7.54. The van der Waals surface area contributed by atoms with Crippen LogP contribution in [0.25, 0.3) is 10.8 Å². The lowest BCUT2D eigenvalue weighted by Gasteiger charge is -2.34. The predicted octanol–water partition coefficient (Wildman–Crippen LogP) is 3.94. The average Bonchev–Trinajstić information content (AvgIpc) is 2.92. The largest absolute Gasteiger partial charge is 0.459 e. The molecule has 3 nitrogen and oxygen atoms in total. The van der Waals surface area contributed by atoms with Gasteiger partial charge < -0.3 is 9.73 Å². The van der Waals surface area contributed by atoms with Crippen molar-refractivity contribution in [3.8, 4) is 10.8 Å². The molecule has 2 heterocycles. The van der Waals surface area contributed by atoms with Crippen LogP contribution in [0.1, 0.15) is 42.6 Å². The minimum Gasteiger partial charge on any atom is -0.459 e. The zero-order valence-electron chi connectivity index (χ0n) is 11.9. The Balaban J connectivity index is 2.02. The first kappa shape index (κ1) is 12.9. The van der Waals surface area contributed by atoms with Crippen molar-refractivity contribution < 1.29 is 4.42 Å². The quantitative estimate of drug-likeness (QED) is 0.902. The first-order chi connectivity index (χ1) is 8.98. The second kappa shape index (κ2) is 4.46. The molecule has 2 aromatic rings. The molecular formula is C15H20N2OS. The van der Waals surface area contributed by atoms with Gasteiger partial charge in [0.15, 0.2) is 10.8 Å². The number of aryl methyl sites for hydroxylation is 1. The number of hydrogen-bond acceptors (Lipinski definition) is 4. The number of thiazole rings is 1. The summed E-state index contributed by atoms with van der Waals surface area (Å²) in [5.41, 5.74) is 1.55. The molecule has 2 aromatic heterocycles. The topological polar surface area (TPSA) is 38.1 Å². The maximum absolute atomic E-state index is 5.70. The number of aromatic nitrogens is 1. The molecule has 1 aliphatic rings. The van der Waals surface area contributed by atoms with Gasteiger partial charge in [-0.25, -0.2) is 4.98 Å². The zero-order chi connectivity index (χ0) is 13.6. The Kier molecular flexibility index (Phi) is 3.02. The smallest absolute Gasteiger partial charge is 0.162 e. The van der Waals surface area contributed by atoms with E-state index in [2.05, 4.69) is 19.2 Å². The molecular weight excluding hydrogens is 256 g/mol. The van der Waals surface area contributed by atoms with Crippen LogP contribution in [0.3, 0.4) is 0 Å². The minimum atomic E-state index is 0.311. The molecule has 0 aromatic carbocycles. The normalized spacial score (nSPS) is 21.4. The summed E-state index contributed by atoms with van der Waals surface area (Å²) in [6.45, 7) is 6.60. The minimum absolute atomic E-state index is 0.311. The van der Waals surface area contributed by atoms with E-state index in [9.17, 15) is 0 Å². The van der Waals surface area contributed by atoms with Crippen molar-refractivity contribution in [2.45, 2.75) is 39.7 Å². The van der Waals surface area contributed by atoms with Crippen molar-refractivity contribution in [1.82, 2.24) is 10.3 Å². The molecule has 0 aliphatic heterocycles. The van der Waals surface area contributed by atoms with E-state index in [1.165, 1.54) is 10.6 Å². The van der Waals surface area contributed by atoms with Gasteiger partial charge in [-0.05, 0) is 44.4 Å². The molecule has 3 rings (SSSR count). The van der Waals surface area contributed by atoms with Gasteiger partial charge >= 0.3 is 0 Å². The van der Waals surface area contributed by atoms with E-state index in [1.807, 2.05) is 26.1 Å². The van der Waals surface area contributed by atoms with E-state index in [0.717, 1.165) is 29.4 Å². The second-order valence-electron chi connectivity index (χ2n) is 6.13. The summed E-state index contributed by atoms with van der Waals surface area (Å²) >= 11 is 1.77. The van der Waals surface area contributed by atoms with Crippen molar-refractivity contribution in [2.24, 2.45) is 5.41 Å². The summed E-state index contributed by atoms with van der Waals surface area (Å²) in [6.07, 6.45) is 2.21. The van der Waals surface area contributed by atoms with E-state index in [0.29, 0.717) is 11.5 Å². The molecule has 0 saturated heterocycles. The molecule has 0 amide bonds. The molecule has 1 atom stereocenters. The average molecular weight is 276 g/mol. The highest BCUT2D eigenvalue weighted by molar-refractivity contribution is 7.15. The van der Waals surface area contributed by atoms with E-state index in [4.69, 9.17) is 9.40 Å². The monoisotopic (exact) mass is 276 g/mol. The van der Waals surface area contributed by atoms with Gasteiger partial charge in [0, 0.05) is 10.9 Å².